The van der Waals surface area contributed by atoms with Crippen LogP contribution in [0.2, 0.25) is 0 Å². The fourth-order valence-electron chi connectivity index (χ4n) is 2.28. The first-order valence-electron chi connectivity index (χ1n) is 7.16. The van der Waals surface area contributed by atoms with Crippen molar-refractivity contribution in [2.45, 2.75) is 38.8 Å². The van der Waals surface area contributed by atoms with Gasteiger partial charge in [-0.1, -0.05) is 13.8 Å². The lowest BCUT2D eigenvalue weighted by Gasteiger charge is -2.33. The number of carbonyl (C=O) groups is 1. The van der Waals surface area contributed by atoms with E-state index in [1.165, 1.54) is 0 Å². The Labute approximate surface area is 119 Å². The number of nitrogens with two attached hydrogens (primary N) is 1. The van der Waals surface area contributed by atoms with Crippen LogP contribution in [0.1, 0.15) is 26.7 Å². The van der Waals surface area contributed by atoms with Crippen molar-refractivity contribution in [3.8, 4) is 0 Å². The second-order valence-corrected chi connectivity index (χ2v) is 5.59. The number of anilines is 1. The SMILES string of the molecule is CC(C)[C@@H](N)C(=O)NC1CCN(c2ncccn2)CC1. The molecule has 6 nitrogen and oxygen atoms in total. The summed E-state index contributed by atoms with van der Waals surface area (Å²) in [5, 5.41) is 3.04. The zero-order valence-corrected chi connectivity index (χ0v) is 12.1. The summed E-state index contributed by atoms with van der Waals surface area (Å²) in [7, 11) is 0. The van der Waals surface area contributed by atoms with E-state index in [2.05, 4.69) is 20.2 Å². The summed E-state index contributed by atoms with van der Waals surface area (Å²) in [5.41, 5.74) is 5.85. The molecule has 1 atom stereocenters. The van der Waals surface area contributed by atoms with Crippen molar-refractivity contribution in [2.75, 3.05) is 18.0 Å². The van der Waals surface area contributed by atoms with Crippen molar-refractivity contribution in [3.05, 3.63) is 18.5 Å². The molecule has 1 amide bonds. The molecule has 1 aromatic rings. The molecular formula is C14H23N5O. The van der Waals surface area contributed by atoms with E-state index in [1.54, 1.807) is 12.4 Å². The number of carbonyl (C=O) groups excluding carboxylic acids is 1. The van der Waals surface area contributed by atoms with Crippen molar-refractivity contribution < 1.29 is 4.79 Å². The zero-order valence-electron chi connectivity index (χ0n) is 12.1. The molecule has 0 radical (unpaired) electrons. The third-order valence-electron chi connectivity index (χ3n) is 3.70. The van der Waals surface area contributed by atoms with Gasteiger partial charge in [0, 0.05) is 31.5 Å². The quantitative estimate of drug-likeness (QED) is 0.839. The summed E-state index contributed by atoms with van der Waals surface area (Å²) < 4.78 is 0. The zero-order chi connectivity index (χ0) is 14.5. The standard InChI is InChI=1S/C14H23N5O/c1-10(2)12(15)13(20)18-11-4-8-19(9-5-11)14-16-6-3-7-17-14/h3,6-7,10-12H,4-5,8-9,15H2,1-2H3,(H,18,20)/t12-/m1/s1. The first-order chi connectivity index (χ1) is 9.58. The van der Waals surface area contributed by atoms with Gasteiger partial charge in [-0.25, -0.2) is 9.97 Å². The highest BCUT2D eigenvalue weighted by atomic mass is 16.2. The van der Waals surface area contributed by atoms with E-state index in [0.29, 0.717) is 0 Å². The van der Waals surface area contributed by atoms with E-state index in [4.69, 9.17) is 5.73 Å². The molecule has 2 heterocycles. The average molecular weight is 277 g/mol. The molecule has 0 bridgehead atoms. The van der Waals surface area contributed by atoms with E-state index in [1.807, 2.05) is 19.9 Å². The number of hydrogen-bond acceptors (Lipinski definition) is 5. The summed E-state index contributed by atoms with van der Waals surface area (Å²) in [6.07, 6.45) is 5.29. The highest BCUT2D eigenvalue weighted by molar-refractivity contribution is 5.82. The van der Waals surface area contributed by atoms with Crippen LogP contribution >= 0.6 is 0 Å². The number of rotatable bonds is 4. The van der Waals surface area contributed by atoms with Crippen LogP contribution in [0, 0.1) is 5.92 Å². The first kappa shape index (κ1) is 14.7. The molecular weight excluding hydrogens is 254 g/mol. The molecule has 1 aliphatic heterocycles. The molecule has 0 saturated carbocycles. The van der Waals surface area contributed by atoms with Gasteiger partial charge in [0.1, 0.15) is 0 Å². The van der Waals surface area contributed by atoms with Crippen LogP contribution in [-0.4, -0.2) is 41.0 Å². The van der Waals surface area contributed by atoms with Crippen LogP contribution in [0.3, 0.4) is 0 Å². The molecule has 1 saturated heterocycles. The van der Waals surface area contributed by atoms with Crippen LogP contribution < -0.4 is 16.0 Å². The molecule has 1 fully saturated rings. The van der Waals surface area contributed by atoms with Gasteiger partial charge >= 0.3 is 0 Å². The Kier molecular flexibility index (Phi) is 4.89. The average Bonchev–Trinajstić information content (AvgIpc) is 2.48. The molecule has 0 aliphatic carbocycles. The minimum absolute atomic E-state index is 0.0468. The summed E-state index contributed by atoms with van der Waals surface area (Å²) in [4.78, 5) is 22.6. The third kappa shape index (κ3) is 3.66. The predicted octanol–water partition coefficient (Wildman–Crippen LogP) is 0.545. The van der Waals surface area contributed by atoms with Crippen molar-refractivity contribution in [3.63, 3.8) is 0 Å². The van der Waals surface area contributed by atoms with Gasteiger partial charge in [-0.3, -0.25) is 4.79 Å². The van der Waals surface area contributed by atoms with Crippen LogP contribution in [-0.2, 0) is 4.79 Å². The first-order valence-corrected chi connectivity index (χ1v) is 7.16. The minimum Gasteiger partial charge on any atom is -0.352 e. The van der Waals surface area contributed by atoms with Gasteiger partial charge in [-0.05, 0) is 24.8 Å². The van der Waals surface area contributed by atoms with Crippen LogP contribution in [0.5, 0.6) is 0 Å². The summed E-state index contributed by atoms with van der Waals surface area (Å²) in [6, 6.07) is 1.58. The molecule has 0 aromatic carbocycles. The Bertz CT molecular complexity index is 428. The van der Waals surface area contributed by atoms with E-state index >= 15 is 0 Å². The van der Waals surface area contributed by atoms with Gasteiger partial charge in [-0.15, -0.1) is 0 Å². The monoisotopic (exact) mass is 277 g/mol. The largest absolute Gasteiger partial charge is 0.352 e. The number of nitrogens with zero attached hydrogens (tertiary/aromatic N) is 3. The number of nitrogens with one attached hydrogen (secondary N) is 1. The van der Waals surface area contributed by atoms with Crippen molar-refractivity contribution >= 4 is 11.9 Å². The lowest BCUT2D eigenvalue weighted by Crippen LogP contribution is -2.51. The van der Waals surface area contributed by atoms with Crippen molar-refractivity contribution in [1.82, 2.24) is 15.3 Å². The third-order valence-corrected chi connectivity index (χ3v) is 3.70. The molecule has 3 N–H and O–H groups in total. The van der Waals surface area contributed by atoms with Crippen LogP contribution in [0.25, 0.3) is 0 Å². The number of amides is 1. The van der Waals surface area contributed by atoms with E-state index in [-0.39, 0.29) is 17.9 Å². The molecule has 0 spiro atoms. The molecule has 6 heteroatoms. The summed E-state index contributed by atoms with van der Waals surface area (Å²) >= 11 is 0. The van der Waals surface area contributed by atoms with Gasteiger partial charge in [0.15, 0.2) is 0 Å². The Balaban J connectivity index is 1.81. The molecule has 1 aromatic heterocycles. The Morgan fingerprint density at radius 2 is 1.95 bits per heavy atom. The van der Waals surface area contributed by atoms with Gasteiger partial charge < -0.3 is 16.0 Å². The maximum absolute atomic E-state index is 11.9. The molecule has 0 unspecified atom stereocenters. The number of hydrogen-bond donors (Lipinski definition) is 2. The van der Waals surface area contributed by atoms with E-state index < -0.39 is 6.04 Å². The fraction of sp³-hybridized carbons (Fsp3) is 0.643. The molecule has 2 rings (SSSR count). The van der Waals surface area contributed by atoms with E-state index in [9.17, 15) is 4.79 Å². The second-order valence-electron chi connectivity index (χ2n) is 5.59. The fourth-order valence-corrected chi connectivity index (χ4v) is 2.28. The minimum atomic E-state index is -0.425. The van der Waals surface area contributed by atoms with Gasteiger partial charge in [0.2, 0.25) is 11.9 Å². The van der Waals surface area contributed by atoms with Crippen LogP contribution in [0.15, 0.2) is 18.5 Å². The van der Waals surface area contributed by atoms with Crippen LogP contribution in [0.4, 0.5) is 5.95 Å². The topological polar surface area (TPSA) is 84.1 Å². The number of aromatic nitrogens is 2. The Morgan fingerprint density at radius 3 is 2.50 bits per heavy atom. The van der Waals surface area contributed by atoms with Gasteiger partial charge in [0.25, 0.3) is 0 Å². The van der Waals surface area contributed by atoms with Crippen molar-refractivity contribution in [1.29, 1.82) is 0 Å². The smallest absolute Gasteiger partial charge is 0.237 e. The number of piperidine rings is 1. The second kappa shape index (κ2) is 6.65. The molecule has 110 valence electrons. The lowest BCUT2D eigenvalue weighted by atomic mass is 10.0. The maximum atomic E-state index is 11.9. The predicted molar refractivity (Wildman–Crippen MR) is 78.2 cm³/mol. The summed E-state index contributed by atoms with van der Waals surface area (Å²) in [6.45, 7) is 5.62. The Morgan fingerprint density at radius 1 is 1.35 bits per heavy atom. The molecule has 1 aliphatic rings. The van der Waals surface area contributed by atoms with Gasteiger partial charge in [0.05, 0.1) is 6.04 Å². The highest BCUT2D eigenvalue weighted by Crippen LogP contribution is 2.15. The Hall–Kier alpha value is -1.69. The van der Waals surface area contributed by atoms with Crippen molar-refractivity contribution in [2.24, 2.45) is 11.7 Å². The van der Waals surface area contributed by atoms with Gasteiger partial charge in [-0.2, -0.15) is 0 Å². The lowest BCUT2D eigenvalue weighted by molar-refractivity contribution is -0.124. The maximum Gasteiger partial charge on any atom is 0.237 e. The van der Waals surface area contributed by atoms with E-state index in [0.717, 1.165) is 31.9 Å². The highest BCUT2D eigenvalue weighted by Gasteiger charge is 2.24. The molecule has 20 heavy (non-hydrogen) atoms. The normalized spacial score (nSPS) is 18.1. The summed E-state index contributed by atoms with van der Waals surface area (Å²) in [5.74, 6) is 0.873.